The molecule has 2 aromatic carbocycles. The summed E-state index contributed by atoms with van der Waals surface area (Å²) in [5, 5.41) is 11.1. The Bertz CT molecular complexity index is 1580. The Kier molecular flexibility index (Phi) is 7.21. The summed E-state index contributed by atoms with van der Waals surface area (Å²) in [6.07, 6.45) is 8.42. The zero-order valence-corrected chi connectivity index (χ0v) is 21.0. The van der Waals surface area contributed by atoms with Crippen molar-refractivity contribution < 1.29 is 31.9 Å². The second-order valence-electron chi connectivity index (χ2n) is 7.67. The standard InChI is InChI=1S/C24H23N5O7S/c1-5-21(30)25-11-16-12-26-29(14-16)13-15-9-19(35-4)22-20(10-15)36-27-24(22)28-37(31,32)23-17(33-2)7-6-8-18(23)34-3/h1,6-10,12,14H,11,13H2,2-4H3,(H,25,30)(H,27,28). The molecule has 0 fully saturated rings. The zero-order valence-electron chi connectivity index (χ0n) is 20.1. The van der Waals surface area contributed by atoms with Crippen LogP contribution in [0.4, 0.5) is 5.82 Å². The van der Waals surface area contributed by atoms with E-state index in [1.807, 2.05) is 5.92 Å². The number of fused-ring (bicyclic) bond motifs is 1. The third-order valence-corrected chi connectivity index (χ3v) is 6.72. The zero-order chi connectivity index (χ0) is 26.6. The second kappa shape index (κ2) is 10.5. The minimum atomic E-state index is -4.19. The van der Waals surface area contributed by atoms with Crippen molar-refractivity contribution in [2.45, 2.75) is 18.0 Å². The maximum atomic E-state index is 13.3. The SMILES string of the molecule is C#CC(=O)NCc1cnn(Cc2cc(OC)c3c(NS(=O)(=O)c4c(OC)cccc4OC)noc3c2)c1. The number of nitrogens with one attached hydrogen (secondary N) is 2. The molecule has 2 N–H and O–H groups in total. The van der Waals surface area contributed by atoms with E-state index in [9.17, 15) is 13.2 Å². The van der Waals surface area contributed by atoms with Crippen LogP contribution in [0.1, 0.15) is 11.1 Å². The first-order chi connectivity index (χ1) is 17.8. The summed E-state index contributed by atoms with van der Waals surface area (Å²) in [6.45, 7) is 0.587. The minimum absolute atomic E-state index is 0.0583. The van der Waals surface area contributed by atoms with Gasteiger partial charge in [0, 0.05) is 18.3 Å². The second-order valence-corrected chi connectivity index (χ2v) is 9.29. The number of anilines is 1. The largest absolute Gasteiger partial charge is 0.496 e. The molecule has 4 rings (SSSR count). The van der Waals surface area contributed by atoms with E-state index in [-0.39, 0.29) is 28.8 Å². The van der Waals surface area contributed by atoms with Gasteiger partial charge in [0.05, 0.1) is 34.1 Å². The third kappa shape index (κ3) is 5.29. The first-order valence-corrected chi connectivity index (χ1v) is 12.2. The Labute approximate surface area is 212 Å². The van der Waals surface area contributed by atoms with Crippen LogP contribution in [-0.4, -0.2) is 50.6 Å². The number of aromatic nitrogens is 3. The van der Waals surface area contributed by atoms with E-state index in [4.69, 9.17) is 25.2 Å². The summed E-state index contributed by atoms with van der Waals surface area (Å²) in [7, 11) is -0.0156. The van der Waals surface area contributed by atoms with Gasteiger partial charge in [0.15, 0.2) is 16.3 Å². The maximum Gasteiger partial charge on any atom is 0.295 e. The number of benzene rings is 2. The van der Waals surface area contributed by atoms with Crippen molar-refractivity contribution in [3.63, 3.8) is 0 Å². The van der Waals surface area contributed by atoms with Gasteiger partial charge in [-0.05, 0) is 35.7 Å². The molecule has 0 atom stereocenters. The van der Waals surface area contributed by atoms with Gasteiger partial charge < -0.3 is 24.1 Å². The number of carbonyl (C=O) groups excluding carboxylic acids is 1. The van der Waals surface area contributed by atoms with Crippen LogP contribution in [0, 0.1) is 12.3 Å². The fourth-order valence-electron chi connectivity index (χ4n) is 3.68. The number of sulfonamides is 1. The van der Waals surface area contributed by atoms with Crippen LogP contribution in [0.15, 0.2) is 52.1 Å². The quantitative estimate of drug-likeness (QED) is 0.297. The van der Waals surface area contributed by atoms with Gasteiger partial charge in [-0.25, -0.2) is 8.42 Å². The van der Waals surface area contributed by atoms with Crippen LogP contribution in [-0.2, 0) is 27.9 Å². The molecule has 0 aliphatic heterocycles. The molecule has 1 amide bonds. The molecular weight excluding hydrogens is 502 g/mol. The molecular formula is C24H23N5O7S. The number of rotatable bonds is 10. The van der Waals surface area contributed by atoms with E-state index in [2.05, 4.69) is 20.3 Å². The smallest absolute Gasteiger partial charge is 0.295 e. The maximum absolute atomic E-state index is 13.3. The van der Waals surface area contributed by atoms with Gasteiger partial charge in [0.2, 0.25) is 0 Å². The van der Waals surface area contributed by atoms with E-state index >= 15 is 0 Å². The fourth-order valence-corrected chi connectivity index (χ4v) is 5.01. The van der Waals surface area contributed by atoms with Gasteiger partial charge in [-0.2, -0.15) is 5.10 Å². The molecule has 0 saturated heterocycles. The molecule has 0 spiro atoms. The van der Waals surface area contributed by atoms with E-state index in [0.717, 1.165) is 11.1 Å². The predicted molar refractivity (Wildman–Crippen MR) is 133 cm³/mol. The van der Waals surface area contributed by atoms with E-state index in [0.29, 0.717) is 23.3 Å². The summed E-state index contributed by atoms with van der Waals surface area (Å²) < 4.78 is 52.1. The Morgan fingerprint density at radius 1 is 1.11 bits per heavy atom. The van der Waals surface area contributed by atoms with Gasteiger partial charge in [-0.1, -0.05) is 11.2 Å². The Balaban J connectivity index is 1.63. The molecule has 0 bridgehead atoms. The van der Waals surface area contributed by atoms with Gasteiger partial charge in [0.25, 0.3) is 15.9 Å². The Morgan fingerprint density at radius 3 is 2.46 bits per heavy atom. The number of hydrogen-bond acceptors (Lipinski definition) is 9. The molecule has 2 aromatic heterocycles. The highest BCUT2D eigenvalue weighted by molar-refractivity contribution is 7.93. The summed E-state index contributed by atoms with van der Waals surface area (Å²) in [4.78, 5) is 11.1. The number of carbonyl (C=O) groups is 1. The summed E-state index contributed by atoms with van der Waals surface area (Å²) >= 11 is 0. The topological polar surface area (TPSA) is 147 Å². The molecule has 0 radical (unpaired) electrons. The fraction of sp³-hybridized carbons (Fsp3) is 0.208. The van der Waals surface area contributed by atoms with Gasteiger partial charge >= 0.3 is 0 Å². The molecule has 192 valence electrons. The van der Waals surface area contributed by atoms with Crippen LogP contribution in [0.2, 0.25) is 0 Å². The summed E-state index contributed by atoms with van der Waals surface area (Å²) in [5.41, 5.74) is 1.82. The van der Waals surface area contributed by atoms with E-state index < -0.39 is 15.9 Å². The van der Waals surface area contributed by atoms with Crippen LogP contribution < -0.4 is 24.2 Å². The van der Waals surface area contributed by atoms with Crippen LogP contribution >= 0.6 is 0 Å². The summed E-state index contributed by atoms with van der Waals surface area (Å²) in [5.74, 6) is 1.96. The molecule has 37 heavy (non-hydrogen) atoms. The highest BCUT2D eigenvalue weighted by Gasteiger charge is 2.28. The first-order valence-electron chi connectivity index (χ1n) is 10.8. The van der Waals surface area contributed by atoms with Crippen molar-refractivity contribution in [2.24, 2.45) is 0 Å². The van der Waals surface area contributed by atoms with Gasteiger partial charge in [-0.3, -0.25) is 14.2 Å². The Morgan fingerprint density at radius 2 is 1.81 bits per heavy atom. The number of ether oxygens (including phenoxy) is 3. The molecule has 0 aliphatic rings. The molecule has 0 aliphatic carbocycles. The van der Waals surface area contributed by atoms with Crippen molar-refractivity contribution in [3.05, 3.63) is 53.9 Å². The molecule has 12 nitrogen and oxygen atoms in total. The third-order valence-electron chi connectivity index (χ3n) is 5.32. The van der Waals surface area contributed by atoms with E-state index in [1.165, 1.54) is 33.5 Å². The molecule has 13 heteroatoms. The van der Waals surface area contributed by atoms with Crippen molar-refractivity contribution in [3.8, 4) is 29.6 Å². The number of amides is 1. The summed E-state index contributed by atoms with van der Waals surface area (Å²) in [6, 6.07) is 8.06. The normalized spacial score (nSPS) is 11.1. The molecule has 0 saturated carbocycles. The lowest BCUT2D eigenvalue weighted by atomic mass is 10.1. The lowest BCUT2D eigenvalue weighted by molar-refractivity contribution is -0.115. The van der Waals surface area contributed by atoms with Gasteiger partial charge in [-0.15, -0.1) is 6.42 Å². The number of methoxy groups -OCH3 is 3. The first kappa shape index (κ1) is 25.4. The number of terminal acetylenes is 1. The highest BCUT2D eigenvalue weighted by atomic mass is 32.2. The minimum Gasteiger partial charge on any atom is -0.496 e. The average molecular weight is 526 g/mol. The highest BCUT2D eigenvalue weighted by Crippen LogP contribution is 2.38. The predicted octanol–water partition coefficient (Wildman–Crippen LogP) is 2.15. The van der Waals surface area contributed by atoms with Crippen LogP contribution in [0.25, 0.3) is 11.0 Å². The van der Waals surface area contributed by atoms with Gasteiger partial charge in [0.1, 0.15) is 22.6 Å². The van der Waals surface area contributed by atoms with Crippen LogP contribution in [0.5, 0.6) is 17.2 Å². The number of nitrogens with zero attached hydrogens (tertiary/aromatic N) is 3. The monoisotopic (exact) mass is 525 g/mol. The molecule has 2 heterocycles. The Hall–Kier alpha value is -4.70. The van der Waals surface area contributed by atoms with Crippen molar-refractivity contribution >= 4 is 32.7 Å². The van der Waals surface area contributed by atoms with Crippen molar-refractivity contribution in [1.82, 2.24) is 20.3 Å². The van der Waals surface area contributed by atoms with Crippen molar-refractivity contribution in [2.75, 3.05) is 26.1 Å². The molecule has 4 aromatic rings. The number of hydrogen-bond donors (Lipinski definition) is 2. The lowest BCUT2D eigenvalue weighted by Gasteiger charge is -2.14. The van der Waals surface area contributed by atoms with Crippen molar-refractivity contribution in [1.29, 1.82) is 0 Å². The lowest BCUT2D eigenvalue weighted by Crippen LogP contribution is -2.20. The van der Waals surface area contributed by atoms with Crippen LogP contribution in [0.3, 0.4) is 0 Å². The molecule has 0 unspecified atom stereocenters. The van der Waals surface area contributed by atoms with E-state index in [1.54, 1.807) is 35.3 Å². The average Bonchev–Trinajstić information content (AvgIpc) is 3.52.